The van der Waals surface area contributed by atoms with Crippen molar-refractivity contribution in [3.63, 3.8) is 0 Å². The van der Waals surface area contributed by atoms with Crippen LogP contribution in [0.5, 0.6) is 0 Å². The zero-order chi connectivity index (χ0) is 28.3. The molecule has 0 radical (unpaired) electrons. The standard InChI is InChI=1S/C18H22O.C13H10N2.C3H5NO/c1-16(2)17(3)10-11-18(16,4)15(19)14(17)12-13-8-6-5-7-9-13;1-2-6-10(7-3-1)13-14-11-8-4-5-9-12(11)15-13;1-2-3(4)5/h5-9,12H,10-11H2,1-4H3;1-9H,(H,14,15);2H,1H2,(H2,4,5). The van der Waals surface area contributed by atoms with E-state index in [4.69, 9.17) is 0 Å². The Labute approximate surface area is 230 Å². The fourth-order valence-corrected chi connectivity index (χ4v) is 5.78. The number of nitrogens with two attached hydrogens (primary N) is 1. The molecule has 0 aliphatic heterocycles. The van der Waals surface area contributed by atoms with Crippen LogP contribution in [0.1, 0.15) is 46.1 Å². The summed E-state index contributed by atoms with van der Waals surface area (Å²) in [5, 5.41) is 0. The number of carbonyl (C=O) groups excluding carboxylic acids is 2. The van der Waals surface area contributed by atoms with E-state index in [9.17, 15) is 9.59 Å². The minimum atomic E-state index is -0.481. The molecule has 2 atom stereocenters. The molecule has 2 fully saturated rings. The number of carbonyl (C=O) groups is 2. The van der Waals surface area contributed by atoms with Crippen LogP contribution in [-0.2, 0) is 9.59 Å². The van der Waals surface area contributed by atoms with Gasteiger partial charge in [0.2, 0.25) is 5.91 Å². The van der Waals surface area contributed by atoms with Gasteiger partial charge in [0.25, 0.3) is 0 Å². The number of ketones is 1. The maximum atomic E-state index is 12.8. The number of rotatable bonds is 3. The van der Waals surface area contributed by atoms with Gasteiger partial charge in [0.05, 0.1) is 11.0 Å². The van der Waals surface area contributed by atoms with Crippen LogP contribution in [0.15, 0.2) is 103 Å². The molecule has 6 rings (SSSR count). The van der Waals surface area contributed by atoms with Crippen molar-refractivity contribution >= 4 is 28.8 Å². The molecule has 2 saturated carbocycles. The summed E-state index contributed by atoms with van der Waals surface area (Å²) >= 11 is 0. The summed E-state index contributed by atoms with van der Waals surface area (Å²) in [4.78, 5) is 30.1. The molecule has 39 heavy (non-hydrogen) atoms. The second-order valence-corrected chi connectivity index (χ2v) is 11.2. The third-order valence-corrected chi connectivity index (χ3v) is 8.97. The van der Waals surface area contributed by atoms with E-state index in [1.165, 1.54) is 0 Å². The fraction of sp³-hybridized carbons (Fsp3) is 0.265. The molecule has 1 heterocycles. The number of fused-ring (bicyclic) bond motifs is 3. The van der Waals surface area contributed by atoms with Gasteiger partial charge in [0.1, 0.15) is 5.82 Å². The second-order valence-electron chi connectivity index (χ2n) is 11.2. The van der Waals surface area contributed by atoms with E-state index < -0.39 is 5.91 Å². The predicted octanol–water partition coefficient (Wildman–Crippen LogP) is 7.37. The first-order valence-electron chi connectivity index (χ1n) is 13.3. The predicted molar refractivity (Wildman–Crippen MR) is 160 cm³/mol. The molecule has 2 bridgehead atoms. The quantitative estimate of drug-likeness (QED) is 0.277. The summed E-state index contributed by atoms with van der Waals surface area (Å²) in [6.07, 6.45) is 5.33. The van der Waals surface area contributed by atoms with Crippen molar-refractivity contribution in [2.75, 3.05) is 0 Å². The molecule has 2 aliphatic carbocycles. The minimum absolute atomic E-state index is 0.0225. The Kier molecular flexibility index (Phi) is 7.73. The van der Waals surface area contributed by atoms with Gasteiger partial charge in [-0.2, -0.15) is 0 Å². The number of aromatic amines is 1. The Morgan fingerprint density at radius 1 is 0.872 bits per heavy atom. The number of aromatic nitrogens is 2. The fourth-order valence-electron chi connectivity index (χ4n) is 5.78. The summed E-state index contributed by atoms with van der Waals surface area (Å²) in [5.74, 6) is 0.817. The van der Waals surface area contributed by atoms with E-state index in [1.54, 1.807) is 0 Å². The normalized spacial score (nSPS) is 23.5. The SMILES string of the molecule is C=CC(N)=O.CC12CCC(C)(C(=Cc3ccccc3)C1=O)C2(C)C.c1ccc(-c2nc3ccccc3[nH]2)cc1. The zero-order valence-corrected chi connectivity index (χ0v) is 23.2. The molecule has 1 amide bonds. The number of benzene rings is 3. The number of imidazole rings is 1. The van der Waals surface area contributed by atoms with Gasteiger partial charge < -0.3 is 10.7 Å². The number of primary amides is 1. The number of hydrogen-bond donors (Lipinski definition) is 2. The average Bonchev–Trinajstić information content (AvgIpc) is 3.49. The lowest BCUT2D eigenvalue weighted by Gasteiger charge is -2.37. The van der Waals surface area contributed by atoms with Gasteiger partial charge in [-0.3, -0.25) is 9.59 Å². The van der Waals surface area contributed by atoms with E-state index in [1.807, 2.05) is 60.7 Å². The molecule has 5 nitrogen and oxygen atoms in total. The lowest BCUT2D eigenvalue weighted by atomic mass is 9.65. The first-order chi connectivity index (χ1) is 18.5. The van der Waals surface area contributed by atoms with Crippen LogP contribution in [0.25, 0.3) is 28.5 Å². The number of allylic oxidation sites excluding steroid dienone is 1. The molecular formula is C34H37N3O2. The van der Waals surface area contributed by atoms with Gasteiger partial charge in [-0.05, 0) is 48.1 Å². The topological polar surface area (TPSA) is 88.8 Å². The van der Waals surface area contributed by atoms with Gasteiger partial charge in [0, 0.05) is 22.0 Å². The highest BCUT2D eigenvalue weighted by Gasteiger charge is 2.69. The summed E-state index contributed by atoms with van der Waals surface area (Å²) in [6, 6.07) is 28.4. The van der Waals surface area contributed by atoms with Crippen molar-refractivity contribution in [3.8, 4) is 11.4 Å². The monoisotopic (exact) mass is 519 g/mol. The number of amides is 1. The van der Waals surface area contributed by atoms with Gasteiger partial charge >= 0.3 is 0 Å². The second kappa shape index (κ2) is 10.9. The summed E-state index contributed by atoms with van der Waals surface area (Å²) in [5.41, 5.74) is 9.82. The summed E-state index contributed by atoms with van der Waals surface area (Å²) < 4.78 is 0. The van der Waals surface area contributed by atoms with E-state index in [0.717, 1.165) is 52.5 Å². The van der Waals surface area contributed by atoms with Crippen molar-refractivity contribution in [3.05, 3.63) is 109 Å². The van der Waals surface area contributed by atoms with Gasteiger partial charge in [-0.15, -0.1) is 0 Å². The third-order valence-electron chi connectivity index (χ3n) is 8.97. The molecule has 2 unspecified atom stereocenters. The van der Waals surface area contributed by atoms with Crippen molar-refractivity contribution in [2.45, 2.75) is 40.5 Å². The lowest BCUT2D eigenvalue weighted by molar-refractivity contribution is -0.125. The molecular weight excluding hydrogens is 482 g/mol. The Morgan fingerprint density at radius 3 is 1.95 bits per heavy atom. The molecule has 5 heteroatoms. The Morgan fingerprint density at radius 2 is 1.41 bits per heavy atom. The molecule has 4 aromatic rings. The van der Waals surface area contributed by atoms with Crippen molar-refractivity contribution in [2.24, 2.45) is 22.0 Å². The summed E-state index contributed by atoms with van der Waals surface area (Å²) in [7, 11) is 0. The molecule has 3 N–H and O–H groups in total. The van der Waals surface area contributed by atoms with Crippen LogP contribution in [-0.4, -0.2) is 21.7 Å². The van der Waals surface area contributed by atoms with E-state index in [-0.39, 0.29) is 16.2 Å². The molecule has 2 aliphatic rings. The Balaban J connectivity index is 0.000000158. The Bertz CT molecular complexity index is 1480. The largest absolute Gasteiger partial charge is 0.366 e. The van der Waals surface area contributed by atoms with E-state index >= 15 is 0 Å². The number of para-hydroxylation sites is 2. The van der Waals surface area contributed by atoms with Gasteiger partial charge in [0.15, 0.2) is 5.78 Å². The average molecular weight is 520 g/mol. The van der Waals surface area contributed by atoms with Crippen molar-refractivity contribution < 1.29 is 9.59 Å². The maximum absolute atomic E-state index is 12.8. The third kappa shape index (κ3) is 5.09. The molecule has 200 valence electrons. The molecule has 3 aromatic carbocycles. The van der Waals surface area contributed by atoms with Crippen LogP contribution >= 0.6 is 0 Å². The first-order valence-corrected chi connectivity index (χ1v) is 13.3. The highest BCUT2D eigenvalue weighted by atomic mass is 16.1. The molecule has 1 aromatic heterocycles. The van der Waals surface area contributed by atoms with Crippen molar-refractivity contribution in [1.29, 1.82) is 0 Å². The van der Waals surface area contributed by atoms with Crippen LogP contribution in [0.2, 0.25) is 0 Å². The molecule has 0 saturated heterocycles. The number of nitrogens with zero attached hydrogens (tertiary/aromatic N) is 1. The van der Waals surface area contributed by atoms with Crippen LogP contribution < -0.4 is 5.73 Å². The highest BCUT2D eigenvalue weighted by Crippen LogP contribution is 2.72. The highest BCUT2D eigenvalue weighted by molar-refractivity contribution is 6.09. The van der Waals surface area contributed by atoms with Gasteiger partial charge in [-0.1, -0.05) is 107 Å². The number of nitrogens with one attached hydrogen (secondary N) is 1. The van der Waals surface area contributed by atoms with Crippen LogP contribution in [0.4, 0.5) is 0 Å². The Hall–Kier alpha value is -4.25. The smallest absolute Gasteiger partial charge is 0.240 e. The number of H-pyrrole nitrogens is 1. The number of Topliss-reactive ketones (excluding diaryl/α,β-unsaturated/α-hetero) is 1. The summed E-state index contributed by atoms with van der Waals surface area (Å²) in [6.45, 7) is 12.1. The number of hydrogen-bond acceptors (Lipinski definition) is 3. The van der Waals surface area contributed by atoms with Crippen LogP contribution in [0.3, 0.4) is 0 Å². The molecule has 0 spiro atoms. The van der Waals surface area contributed by atoms with E-state index in [0.29, 0.717) is 5.78 Å². The van der Waals surface area contributed by atoms with Crippen LogP contribution in [0, 0.1) is 16.2 Å². The minimum Gasteiger partial charge on any atom is -0.366 e. The van der Waals surface area contributed by atoms with E-state index in [2.05, 4.69) is 80.3 Å². The first kappa shape index (κ1) is 27.8. The zero-order valence-electron chi connectivity index (χ0n) is 23.2. The lowest BCUT2D eigenvalue weighted by Crippen LogP contribution is -2.34. The maximum Gasteiger partial charge on any atom is 0.240 e. The van der Waals surface area contributed by atoms with Crippen molar-refractivity contribution in [1.82, 2.24) is 9.97 Å². The van der Waals surface area contributed by atoms with Gasteiger partial charge in [-0.25, -0.2) is 4.98 Å².